The van der Waals surface area contributed by atoms with Crippen LogP contribution < -0.4 is 14.8 Å². The number of aryl methyl sites for hydroxylation is 1. The van der Waals surface area contributed by atoms with E-state index in [1.807, 2.05) is 37.3 Å². The Bertz CT molecular complexity index is 1150. The second-order valence-electron chi connectivity index (χ2n) is 7.81. The van der Waals surface area contributed by atoms with E-state index in [4.69, 9.17) is 9.47 Å². The fourth-order valence-corrected chi connectivity index (χ4v) is 3.85. The van der Waals surface area contributed by atoms with Crippen LogP contribution in [0.3, 0.4) is 0 Å². The Hall–Kier alpha value is -3.70. The molecule has 3 rings (SSSR count). The Labute approximate surface area is 197 Å². The largest absolute Gasteiger partial charge is 0.490 e. The minimum atomic E-state index is -0.515. The van der Waals surface area contributed by atoms with Gasteiger partial charge in [-0.15, -0.1) is 10.2 Å². The number of nitrogens with one attached hydrogen (secondary N) is 1. The lowest BCUT2D eigenvalue weighted by molar-refractivity contribution is -0.112. The molecule has 1 N–H and O–H groups in total. The highest BCUT2D eigenvalue weighted by molar-refractivity contribution is 7.15. The number of rotatable bonds is 10. The van der Waals surface area contributed by atoms with Crippen LogP contribution in [0.1, 0.15) is 30.0 Å². The average Bonchev–Trinajstić information content (AvgIpc) is 3.21. The summed E-state index contributed by atoms with van der Waals surface area (Å²) in [4.78, 5) is 12.5. The molecule has 0 fully saturated rings. The van der Waals surface area contributed by atoms with Crippen LogP contribution in [0.5, 0.6) is 11.5 Å². The van der Waals surface area contributed by atoms with Crippen LogP contribution in [-0.2, 0) is 11.2 Å². The van der Waals surface area contributed by atoms with E-state index in [0.29, 0.717) is 35.6 Å². The van der Waals surface area contributed by atoms with Crippen LogP contribution in [0.2, 0.25) is 0 Å². The number of ether oxygens (including phenoxy) is 2. The zero-order valence-electron chi connectivity index (χ0n) is 18.9. The topological polar surface area (TPSA) is 97.1 Å². The average molecular weight is 463 g/mol. The molecular weight excluding hydrogens is 436 g/mol. The van der Waals surface area contributed by atoms with Gasteiger partial charge in [0.15, 0.2) is 0 Å². The van der Waals surface area contributed by atoms with Gasteiger partial charge in [0.05, 0.1) is 0 Å². The molecule has 0 aliphatic heterocycles. The first kappa shape index (κ1) is 24.0. The predicted octanol–water partition coefficient (Wildman–Crippen LogP) is 5.05. The lowest BCUT2D eigenvalue weighted by Gasteiger charge is -2.09. The van der Waals surface area contributed by atoms with Gasteiger partial charge in [0.2, 0.25) is 5.13 Å². The van der Waals surface area contributed by atoms with E-state index in [2.05, 4.69) is 29.4 Å². The number of aromatic nitrogens is 2. The summed E-state index contributed by atoms with van der Waals surface area (Å²) < 4.78 is 11.4. The van der Waals surface area contributed by atoms with E-state index >= 15 is 0 Å². The number of amides is 1. The van der Waals surface area contributed by atoms with E-state index in [9.17, 15) is 10.1 Å². The molecule has 1 heterocycles. The summed E-state index contributed by atoms with van der Waals surface area (Å²) in [6, 6.07) is 16.9. The Morgan fingerprint density at radius 1 is 1.12 bits per heavy atom. The van der Waals surface area contributed by atoms with Crippen molar-refractivity contribution >= 4 is 28.5 Å². The molecule has 1 aromatic heterocycles. The molecule has 3 aromatic rings. The highest BCUT2D eigenvalue weighted by atomic mass is 32.1. The molecule has 170 valence electrons. The third-order valence-corrected chi connectivity index (χ3v) is 5.30. The number of hydrogen-bond acceptors (Lipinski definition) is 7. The highest BCUT2D eigenvalue weighted by Crippen LogP contribution is 2.20. The van der Waals surface area contributed by atoms with E-state index in [-0.39, 0.29) is 5.57 Å². The summed E-state index contributed by atoms with van der Waals surface area (Å²) in [6.07, 6.45) is 2.32. The second-order valence-corrected chi connectivity index (χ2v) is 8.87. The molecule has 8 heteroatoms. The first-order valence-corrected chi connectivity index (χ1v) is 11.4. The maximum absolute atomic E-state index is 12.5. The molecule has 7 nitrogen and oxygen atoms in total. The normalized spacial score (nSPS) is 11.2. The lowest BCUT2D eigenvalue weighted by atomic mass is 10.1. The van der Waals surface area contributed by atoms with Gasteiger partial charge in [0.25, 0.3) is 5.91 Å². The van der Waals surface area contributed by atoms with Crippen LogP contribution >= 0.6 is 11.3 Å². The van der Waals surface area contributed by atoms with Crippen molar-refractivity contribution in [3.8, 4) is 17.6 Å². The van der Waals surface area contributed by atoms with Crippen molar-refractivity contribution in [1.82, 2.24) is 10.2 Å². The summed E-state index contributed by atoms with van der Waals surface area (Å²) in [7, 11) is 0. The third kappa shape index (κ3) is 7.74. The predicted molar refractivity (Wildman–Crippen MR) is 129 cm³/mol. The molecule has 1 amide bonds. The molecular formula is C25H26N4O3S. The number of nitriles is 1. The summed E-state index contributed by atoms with van der Waals surface area (Å²) >= 11 is 1.32. The minimum absolute atomic E-state index is 0.0177. The van der Waals surface area contributed by atoms with Gasteiger partial charge < -0.3 is 9.47 Å². The van der Waals surface area contributed by atoms with E-state index in [1.54, 1.807) is 24.3 Å². The summed E-state index contributed by atoms with van der Waals surface area (Å²) in [5, 5.41) is 21.3. The summed E-state index contributed by atoms with van der Waals surface area (Å²) in [5.74, 6) is 1.42. The summed E-state index contributed by atoms with van der Waals surface area (Å²) in [6.45, 7) is 7.02. The first-order chi connectivity index (χ1) is 15.9. The zero-order chi connectivity index (χ0) is 23.6. The van der Waals surface area contributed by atoms with Gasteiger partial charge >= 0.3 is 0 Å². The Morgan fingerprint density at radius 2 is 1.85 bits per heavy atom. The zero-order valence-corrected chi connectivity index (χ0v) is 19.7. The molecule has 0 aliphatic rings. The third-order valence-electron chi connectivity index (χ3n) is 4.44. The Kier molecular flexibility index (Phi) is 8.56. The molecule has 0 radical (unpaired) electrons. The van der Waals surface area contributed by atoms with Crippen LogP contribution in [0.25, 0.3) is 6.08 Å². The standard InChI is InChI=1S/C25H26N4O3S/c1-17(2)13-23-28-29-25(33-23)27-24(30)20(16-26)15-19-7-9-21(10-8-19)31-11-12-32-22-6-4-5-18(3)14-22/h4-10,14-15,17H,11-13H2,1-3H3,(H,27,29,30)/b20-15-. The van der Waals surface area contributed by atoms with E-state index in [0.717, 1.165) is 22.7 Å². The summed E-state index contributed by atoms with van der Waals surface area (Å²) in [5.41, 5.74) is 1.83. The highest BCUT2D eigenvalue weighted by Gasteiger charge is 2.13. The molecule has 0 unspecified atom stereocenters. The fraction of sp³-hybridized carbons (Fsp3) is 0.280. The Morgan fingerprint density at radius 3 is 2.52 bits per heavy atom. The van der Waals surface area contributed by atoms with Crippen LogP contribution in [0.15, 0.2) is 54.1 Å². The lowest BCUT2D eigenvalue weighted by Crippen LogP contribution is -2.13. The van der Waals surface area contributed by atoms with Crippen LogP contribution in [0, 0.1) is 24.2 Å². The SMILES string of the molecule is Cc1cccc(OCCOc2ccc(/C=C(/C#N)C(=O)Nc3nnc(CC(C)C)s3)cc2)c1. The number of nitrogens with zero attached hydrogens (tertiary/aromatic N) is 3. The molecule has 0 spiro atoms. The molecule has 0 aliphatic carbocycles. The van der Waals surface area contributed by atoms with Crippen LogP contribution in [0.4, 0.5) is 5.13 Å². The maximum atomic E-state index is 12.5. The fourth-order valence-electron chi connectivity index (χ4n) is 2.90. The quantitative estimate of drug-likeness (QED) is 0.257. The molecule has 0 bridgehead atoms. The van der Waals surface area contributed by atoms with Crippen molar-refractivity contribution in [3.05, 3.63) is 70.2 Å². The number of carbonyl (C=O) groups is 1. The van der Waals surface area contributed by atoms with Gasteiger partial charge in [0, 0.05) is 6.42 Å². The van der Waals surface area contributed by atoms with Crippen molar-refractivity contribution in [2.24, 2.45) is 5.92 Å². The van der Waals surface area contributed by atoms with Gasteiger partial charge in [-0.2, -0.15) is 5.26 Å². The van der Waals surface area contributed by atoms with Crippen molar-refractivity contribution in [2.75, 3.05) is 18.5 Å². The first-order valence-electron chi connectivity index (χ1n) is 10.6. The van der Waals surface area contributed by atoms with E-state index < -0.39 is 5.91 Å². The van der Waals surface area contributed by atoms with E-state index in [1.165, 1.54) is 17.4 Å². The minimum Gasteiger partial charge on any atom is -0.490 e. The van der Waals surface area contributed by atoms with Crippen molar-refractivity contribution in [2.45, 2.75) is 27.2 Å². The van der Waals surface area contributed by atoms with Crippen molar-refractivity contribution < 1.29 is 14.3 Å². The van der Waals surface area contributed by atoms with Gasteiger partial charge in [-0.25, -0.2) is 0 Å². The molecule has 0 atom stereocenters. The number of carbonyl (C=O) groups excluding carboxylic acids is 1. The Balaban J connectivity index is 1.51. The molecule has 33 heavy (non-hydrogen) atoms. The van der Waals surface area contributed by atoms with Gasteiger partial charge in [-0.05, 0) is 54.3 Å². The number of anilines is 1. The number of benzene rings is 2. The molecule has 2 aromatic carbocycles. The van der Waals surface area contributed by atoms with Crippen molar-refractivity contribution in [1.29, 1.82) is 5.26 Å². The molecule has 0 saturated heterocycles. The molecule has 0 saturated carbocycles. The number of hydrogen-bond donors (Lipinski definition) is 1. The van der Waals surface area contributed by atoms with Crippen LogP contribution in [-0.4, -0.2) is 29.3 Å². The maximum Gasteiger partial charge on any atom is 0.268 e. The second kappa shape index (κ2) is 11.8. The van der Waals surface area contributed by atoms with Gasteiger partial charge in [-0.3, -0.25) is 10.1 Å². The van der Waals surface area contributed by atoms with Gasteiger partial charge in [0.1, 0.15) is 41.4 Å². The van der Waals surface area contributed by atoms with Crippen molar-refractivity contribution in [3.63, 3.8) is 0 Å². The monoisotopic (exact) mass is 462 g/mol. The smallest absolute Gasteiger partial charge is 0.268 e. The van der Waals surface area contributed by atoms with Gasteiger partial charge in [-0.1, -0.05) is 49.4 Å².